The largest absolute Gasteiger partial charge is 0.496 e. The van der Waals surface area contributed by atoms with Crippen LogP contribution in [0.1, 0.15) is 72.3 Å². The van der Waals surface area contributed by atoms with Gasteiger partial charge in [-0.05, 0) is 68.7 Å². The molecule has 1 saturated heterocycles. The molecule has 3 aliphatic rings. The summed E-state index contributed by atoms with van der Waals surface area (Å²) in [6, 6.07) is 15.9. The van der Waals surface area contributed by atoms with E-state index in [4.69, 9.17) is 9.31 Å². The highest BCUT2D eigenvalue weighted by atomic mass is 16.7. The van der Waals surface area contributed by atoms with Crippen molar-refractivity contribution < 1.29 is 9.31 Å². The predicted molar refractivity (Wildman–Crippen MR) is 125 cm³/mol. The number of hydrogen-bond acceptors (Lipinski definition) is 3. The van der Waals surface area contributed by atoms with E-state index < -0.39 is 0 Å². The molecule has 2 aromatic rings. The van der Waals surface area contributed by atoms with E-state index in [0.717, 1.165) is 5.46 Å². The molecule has 158 valence electrons. The summed E-state index contributed by atoms with van der Waals surface area (Å²) >= 11 is 0. The van der Waals surface area contributed by atoms with E-state index in [1.807, 2.05) is 0 Å². The van der Waals surface area contributed by atoms with Crippen molar-refractivity contribution in [3.63, 3.8) is 0 Å². The first kappa shape index (κ1) is 20.1. The van der Waals surface area contributed by atoms with Gasteiger partial charge in [0, 0.05) is 23.1 Å². The first-order valence-corrected chi connectivity index (χ1v) is 11.4. The van der Waals surface area contributed by atoms with Gasteiger partial charge >= 0.3 is 7.12 Å². The van der Waals surface area contributed by atoms with Gasteiger partial charge in [0.2, 0.25) is 0 Å². The molecule has 2 fully saturated rings. The molecule has 4 heteroatoms. The average Bonchev–Trinajstić information content (AvgIpc) is 3.17. The van der Waals surface area contributed by atoms with Crippen LogP contribution in [0.2, 0.25) is 0 Å². The van der Waals surface area contributed by atoms with Gasteiger partial charge in [0.15, 0.2) is 0 Å². The van der Waals surface area contributed by atoms with Crippen molar-refractivity contribution in [1.82, 2.24) is 0 Å². The van der Waals surface area contributed by atoms with Gasteiger partial charge in [0.1, 0.15) is 0 Å². The maximum Gasteiger partial charge on any atom is 0.496 e. The normalized spacial score (nSPS) is 28.0. The summed E-state index contributed by atoms with van der Waals surface area (Å²) in [6.45, 7) is 13.3. The van der Waals surface area contributed by atoms with Gasteiger partial charge in [0.05, 0.1) is 11.2 Å². The molecule has 0 bridgehead atoms. The van der Waals surface area contributed by atoms with Crippen molar-refractivity contribution in [2.45, 2.75) is 84.0 Å². The maximum absolute atomic E-state index is 6.51. The second kappa shape index (κ2) is 6.61. The molecule has 3 nitrogen and oxygen atoms in total. The number of fused-ring (bicyclic) bond motifs is 3. The molecule has 0 spiro atoms. The highest BCUT2D eigenvalue weighted by molar-refractivity contribution is 6.64. The number of anilines is 1. The molecule has 5 rings (SSSR count). The Hall–Kier alpha value is -1.78. The van der Waals surface area contributed by atoms with Gasteiger partial charge in [0.25, 0.3) is 0 Å². The van der Waals surface area contributed by atoms with Crippen LogP contribution in [0.15, 0.2) is 42.5 Å². The van der Waals surface area contributed by atoms with Crippen LogP contribution in [0, 0.1) is 5.41 Å². The van der Waals surface area contributed by atoms with Gasteiger partial charge in [-0.25, -0.2) is 0 Å². The van der Waals surface area contributed by atoms with E-state index in [1.54, 1.807) is 0 Å². The predicted octanol–water partition coefficient (Wildman–Crippen LogP) is 5.74. The first-order chi connectivity index (χ1) is 14.1. The van der Waals surface area contributed by atoms with Crippen LogP contribution in [-0.4, -0.2) is 24.4 Å². The minimum atomic E-state index is -0.358. The van der Waals surface area contributed by atoms with Crippen LogP contribution in [-0.2, 0) is 9.31 Å². The fourth-order valence-corrected chi connectivity index (χ4v) is 5.53. The van der Waals surface area contributed by atoms with Crippen molar-refractivity contribution in [2.75, 3.05) is 5.32 Å². The van der Waals surface area contributed by atoms with Gasteiger partial charge in [-0.15, -0.1) is 0 Å². The monoisotopic (exact) mass is 403 g/mol. The summed E-state index contributed by atoms with van der Waals surface area (Å²) in [5.74, 6) is 0.550. The Labute approximate surface area is 181 Å². The van der Waals surface area contributed by atoms with E-state index in [9.17, 15) is 0 Å². The Morgan fingerprint density at radius 2 is 1.57 bits per heavy atom. The molecule has 1 saturated carbocycles. The first-order valence-electron chi connectivity index (χ1n) is 11.4. The Morgan fingerprint density at radius 3 is 2.23 bits per heavy atom. The standard InChI is InChI=1S/C26H34BNO2/c1-24(2)14-10-13-19-20-15-18(17-11-8-7-9-12-17)16-21(22(20)28-23(19)24)27-29-25(3,4)26(5,6)30-27/h7-9,11-12,15-16,19,23,28H,10,13-14H2,1-6H3. The summed E-state index contributed by atoms with van der Waals surface area (Å²) in [6.07, 6.45) is 3.80. The third-order valence-electron chi connectivity index (χ3n) is 8.09. The van der Waals surface area contributed by atoms with Gasteiger partial charge in [-0.3, -0.25) is 0 Å². The summed E-state index contributed by atoms with van der Waals surface area (Å²) in [4.78, 5) is 0. The lowest BCUT2D eigenvalue weighted by atomic mass is 9.67. The number of nitrogens with one attached hydrogen (secondary N) is 1. The molecule has 30 heavy (non-hydrogen) atoms. The van der Waals surface area contributed by atoms with Crippen molar-refractivity contribution in [3.05, 3.63) is 48.0 Å². The van der Waals surface area contributed by atoms with E-state index in [2.05, 4.69) is 89.3 Å². The molecular weight excluding hydrogens is 369 g/mol. The Kier molecular flexibility index (Phi) is 4.44. The topological polar surface area (TPSA) is 30.5 Å². The SMILES string of the molecule is CC1(C)CCCC2c3cc(-c4ccccc4)cc(B4OC(C)(C)C(C)(C)O4)c3NC21. The number of benzene rings is 2. The zero-order valence-electron chi connectivity index (χ0n) is 19.2. The van der Waals surface area contributed by atoms with Crippen molar-refractivity contribution in [2.24, 2.45) is 5.41 Å². The summed E-state index contributed by atoms with van der Waals surface area (Å²) in [7, 11) is -0.358. The summed E-state index contributed by atoms with van der Waals surface area (Å²) in [5, 5.41) is 3.95. The van der Waals surface area contributed by atoms with E-state index >= 15 is 0 Å². The molecule has 0 aromatic heterocycles. The third-order valence-corrected chi connectivity index (χ3v) is 8.09. The van der Waals surface area contributed by atoms with Crippen LogP contribution in [0.5, 0.6) is 0 Å². The molecule has 2 aliphatic heterocycles. The second-order valence-corrected chi connectivity index (χ2v) is 11.1. The van der Waals surface area contributed by atoms with Crippen LogP contribution in [0.3, 0.4) is 0 Å². The summed E-state index contributed by atoms with van der Waals surface area (Å²) < 4.78 is 13.0. The van der Waals surface area contributed by atoms with Crippen LogP contribution >= 0.6 is 0 Å². The van der Waals surface area contributed by atoms with Crippen molar-refractivity contribution >= 4 is 18.3 Å². The molecule has 0 radical (unpaired) electrons. The number of rotatable bonds is 2. The van der Waals surface area contributed by atoms with Crippen molar-refractivity contribution in [1.29, 1.82) is 0 Å². The molecule has 2 heterocycles. The molecule has 2 unspecified atom stereocenters. The molecule has 2 atom stereocenters. The minimum absolute atomic E-state index is 0.280. The number of hydrogen-bond donors (Lipinski definition) is 1. The molecular formula is C26H34BNO2. The van der Waals surface area contributed by atoms with Crippen molar-refractivity contribution in [3.8, 4) is 11.1 Å². The Balaban J connectivity index is 1.65. The fourth-order valence-electron chi connectivity index (χ4n) is 5.53. The summed E-state index contributed by atoms with van der Waals surface area (Å²) in [5.41, 5.74) is 5.92. The van der Waals surface area contributed by atoms with E-state index in [1.165, 1.54) is 41.6 Å². The van der Waals surface area contributed by atoms with Crippen LogP contribution in [0.4, 0.5) is 5.69 Å². The molecule has 1 aliphatic carbocycles. The lowest BCUT2D eigenvalue weighted by Crippen LogP contribution is -2.41. The molecule has 2 aromatic carbocycles. The molecule has 1 N–H and O–H groups in total. The Morgan fingerprint density at radius 1 is 0.900 bits per heavy atom. The van der Waals surface area contributed by atoms with E-state index in [0.29, 0.717) is 12.0 Å². The Bertz CT molecular complexity index is 950. The zero-order valence-corrected chi connectivity index (χ0v) is 19.2. The lowest BCUT2D eigenvalue weighted by molar-refractivity contribution is 0.00578. The highest BCUT2D eigenvalue weighted by Gasteiger charge is 2.54. The highest BCUT2D eigenvalue weighted by Crippen LogP contribution is 2.51. The van der Waals surface area contributed by atoms with Gasteiger partial charge < -0.3 is 14.6 Å². The quantitative estimate of drug-likeness (QED) is 0.649. The fraction of sp³-hybridized carbons (Fsp3) is 0.538. The third kappa shape index (κ3) is 3.03. The maximum atomic E-state index is 6.51. The van der Waals surface area contributed by atoms with Crippen LogP contribution < -0.4 is 10.8 Å². The van der Waals surface area contributed by atoms with Gasteiger partial charge in [-0.2, -0.15) is 0 Å². The molecule has 0 amide bonds. The lowest BCUT2D eigenvalue weighted by Gasteiger charge is -2.40. The second-order valence-electron chi connectivity index (χ2n) is 11.1. The van der Waals surface area contributed by atoms with Gasteiger partial charge in [-0.1, -0.05) is 56.7 Å². The van der Waals surface area contributed by atoms with E-state index in [-0.39, 0.29) is 23.7 Å². The zero-order chi connectivity index (χ0) is 21.3. The minimum Gasteiger partial charge on any atom is -0.399 e. The van der Waals surface area contributed by atoms with Crippen LogP contribution in [0.25, 0.3) is 11.1 Å². The smallest absolute Gasteiger partial charge is 0.399 e. The average molecular weight is 403 g/mol.